The largest absolute Gasteiger partial charge is 0.333 e. The van der Waals surface area contributed by atoms with Gasteiger partial charge in [0.1, 0.15) is 4.88 Å². The normalized spacial score (nSPS) is 17.7. The molecule has 0 unspecified atom stereocenters. The number of aryl methyl sites for hydroxylation is 1. The number of carbonyl (C=O) groups is 1. The van der Waals surface area contributed by atoms with Gasteiger partial charge in [-0.1, -0.05) is 24.3 Å². The van der Waals surface area contributed by atoms with Crippen molar-refractivity contribution in [2.75, 3.05) is 26.2 Å². The molecule has 1 aromatic heterocycles. The monoisotopic (exact) mass is 355 g/mol. The average molecular weight is 356 g/mol. The minimum atomic E-state index is 0.150. The quantitative estimate of drug-likeness (QED) is 0.844. The number of rotatable bonds is 4. The Morgan fingerprint density at radius 2 is 1.92 bits per heavy atom. The van der Waals surface area contributed by atoms with Crippen LogP contribution >= 0.6 is 11.3 Å². The zero-order valence-electron chi connectivity index (χ0n) is 14.8. The highest BCUT2D eigenvalue weighted by molar-refractivity contribution is 7.13. The summed E-state index contributed by atoms with van der Waals surface area (Å²) in [4.78, 5) is 23.0. The van der Waals surface area contributed by atoms with E-state index in [1.807, 2.05) is 11.8 Å². The Bertz CT molecular complexity index is 764. The minimum absolute atomic E-state index is 0.150. The van der Waals surface area contributed by atoms with E-state index in [0.29, 0.717) is 0 Å². The maximum absolute atomic E-state index is 13.0. The average Bonchev–Trinajstić information content (AvgIpc) is 3.28. The van der Waals surface area contributed by atoms with Crippen LogP contribution in [0.4, 0.5) is 0 Å². The van der Waals surface area contributed by atoms with Crippen molar-refractivity contribution in [2.24, 2.45) is 0 Å². The van der Waals surface area contributed by atoms with Gasteiger partial charge < -0.3 is 9.80 Å². The lowest BCUT2D eigenvalue weighted by atomic mass is 10.00. The summed E-state index contributed by atoms with van der Waals surface area (Å²) in [6, 6.07) is 8.44. The van der Waals surface area contributed by atoms with E-state index in [9.17, 15) is 4.79 Å². The van der Waals surface area contributed by atoms with Crippen molar-refractivity contribution < 1.29 is 4.79 Å². The van der Waals surface area contributed by atoms with E-state index in [1.165, 1.54) is 37.1 Å². The van der Waals surface area contributed by atoms with E-state index in [1.54, 1.807) is 11.3 Å². The standard InChI is InChI=1S/C20H25N3OS/c1-15-19(25-18(21-15)9-12-22-10-4-5-11-22)20(24)23-13-8-16-6-2-3-7-17(16)14-23/h2-3,6-7H,4-5,8-14H2,1H3. The van der Waals surface area contributed by atoms with Crippen molar-refractivity contribution in [3.63, 3.8) is 0 Å². The number of thiazole rings is 1. The molecule has 0 aliphatic carbocycles. The van der Waals surface area contributed by atoms with E-state index in [2.05, 4.69) is 34.1 Å². The van der Waals surface area contributed by atoms with Crippen molar-refractivity contribution in [2.45, 2.75) is 39.2 Å². The van der Waals surface area contributed by atoms with Crippen molar-refractivity contribution in [1.82, 2.24) is 14.8 Å². The molecule has 0 radical (unpaired) electrons. The third-order valence-corrected chi connectivity index (χ3v) is 6.50. The maximum Gasteiger partial charge on any atom is 0.266 e. The van der Waals surface area contributed by atoms with Gasteiger partial charge in [0.25, 0.3) is 5.91 Å². The highest BCUT2D eigenvalue weighted by Gasteiger charge is 2.25. The van der Waals surface area contributed by atoms with Crippen LogP contribution in [0, 0.1) is 6.92 Å². The first-order chi connectivity index (χ1) is 12.2. The van der Waals surface area contributed by atoms with E-state index in [-0.39, 0.29) is 5.91 Å². The van der Waals surface area contributed by atoms with Gasteiger partial charge in [-0.25, -0.2) is 4.98 Å². The molecule has 2 aliphatic heterocycles. The van der Waals surface area contributed by atoms with Gasteiger partial charge in [-0.2, -0.15) is 0 Å². The molecular formula is C20H25N3OS. The van der Waals surface area contributed by atoms with Gasteiger partial charge in [0.2, 0.25) is 0 Å². The molecule has 4 nitrogen and oxygen atoms in total. The van der Waals surface area contributed by atoms with Gasteiger partial charge in [0.05, 0.1) is 10.7 Å². The SMILES string of the molecule is Cc1nc(CCN2CCCC2)sc1C(=O)N1CCc2ccccc2C1. The summed E-state index contributed by atoms with van der Waals surface area (Å²) in [6.07, 6.45) is 4.54. The Morgan fingerprint density at radius 1 is 1.16 bits per heavy atom. The molecule has 4 rings (SSSR count). The third kappa shape index (κ3) is 3.62. The summed E-state index contributed by atoms with van der Waals surface area (Å²) in [5, 5.41) is 1.10. The van der Waals surface area contributed by atoms with Gasteiger partial charge in [-0.15, -0.1) is 11.3 Å². The molecule has 3 heterocycles. The number of amides is 1. The second-order valence-corrected chi connectivity index (χ2v) is 8.15. The summed E-state index contributed by atoms with van der Waals surface area (Å²) in [7, 11) is 0. The first-order valence-electron chi connectivity index (χ1n) is 9.25. The van der Waals surface area contributed by atoms with Gasteiger partial charge in [-0.05, 0) is 50.4 Å². The zero-order chi connectivity index (χ0) is 17.2. The lowest BCUT2D eigenvalue weighted by Crippen LogP contribution is -2.35. The first kappa shape index (κ1) is 16.7. The smallest absolute Gasteiger partial charge is 0.266 e. The van der Waals surface area contributed by atoms with Crippen LogP contribution in [0.2, 0.25) is 0 Å². The number of aromatic nitrogens is 1. The van der Waals surface area contributed by atoms with Crippen LogP contribution in [-0.2, 0) is 19.4 Å². The lowest BCUT2D eigenvalue weighted by molar-refractivity contribution is 0.0738. The predicted octanol–water partition coefficient (Wildman–Crippen LogP) is 3.29. The molecule has 0 saturated carbocycles. The molecule has 5 heteroatoms. The van der Waals surface area contributed by atoms with Crippen LogP contribution < -0.4 is 0 Å². The lowest BCUT2D eigenvalue weighted by Gasteiger charge is -2.28. The second-order valence-electron chi connectivity index (χ2n) is 7.07. The van der Waals surface area contributed by atoms with Crippen LogP contribution in [-0.4, -0.2) is 46.9 Å². The fraction of sp³-hybridized carbons (Fsp3) is 0.500. The van der Waals surface area contributed by atoms with E-state index in [4.69, 9.17) is 0 Å². The summed E-state index contributed by atoms with van der Waals surface area (Å²) >= 11 is 1.60. The van der Waals surface area contributed by atoms with Gasteiger partial charge >= 0.3 is 0 Å². The molecule has 0 N–H and O–H groups in total. The fourth-order valence-corrected chi connectivity index (χ4v) is 4.85. The summed E-state index contributed by atoms with van der Waals surface area (Å²) in [5.41, 5.74) is 3.54. The van der Waals surface area contributed by atoms with E-state index < -0.39 is 0 Å². The predicted molar refractivity (Wildman–Crippen MR) is 101 cm³/mol. The molecule has 1 saturated heterocycles. The number of nitrogens with zero attached hydrogens (tertiary/aromatic N) is 3. The molecule has 2 aliphatic rings. The van der Waals surface area contributed by atoms with Crippen molar-refractivity contribution >= 4 is 17.2 Å². The van der Waals surface area contributed by atoms with Crippen LogP contribution in [0.3, 0.4) is 0 Å². The molecular weight excluding hydrogens is 330 g/mol. The Morgan fingerprint density at radius 3 is 2.72 bits per heavy atom. The summed E-state index contributed by atoms with van der Waals surface area (Å²) in [6.45, 7) is 6.98. The molecule has 0 atom stereocenters. The summed E-state index contributed by atoms with van der Waals surface area (Å²) < 4.78 is 0. The molecule has 0 spiro atoms. The van der Waals surface area contributed by atoms with Crippen molar-refractivity contribution in [1.29, 1.82) is 0 Å². The molecule has 2 aromatic rings. The van der Waals surface area contributed by atoms with Crippen molar-refractivity contribution in [3.05, 3.63) is 51.0 Å². The molecule has 1 fully saturated rings. The number of hydrogen-bond acceptors (Lipinski definition) is 4. The molecule has 1 amide bonds. The molecule has 25 heavy (non-hydrogen) atoms. The minimum Gasteiger partial charge on any atom is -0.333 e. The number of carbonyl (C=O) groups excluding carboxylic acids is 1. The van der Waals surface area contributed by atoms with Crippen molar-refractivity contribution in [3.8, 4) is 0 Å². The number of fused-ring (bicyclic) bond motifs is 1. The Balaban J connectivity index is 1.43. The molecule has 132 valence electrons. The first-order valence-corrected chi connectivity index (χ1v) is 10.1. The summed E-state index contributed by atoms with van der Waals surface area (Å²) in [5.74, 6) is 0.150. The number of hydrogen-bond donors (Lipinski definition) is 0. The number of benzene rings is 1. The number of likely N-dealkylation sites (tertiary alicyclic amines) is 1. The third-order valence-electron chi connectivity index (χ3n) is 5.29. The van der Waals surface area contributed by atoms with Crippen LogP contribution in [0.25, 0.3) is 0 Å². The van der Waals surface area contributed by atoms with Crippen LogP contribution in [0.15, 0.2) is 24.3 Å². The fourth-order valence-electron chi connectivity index (χ4n) is 3.83. The van der Waals surface area contributed by atoms with Gasteiger partial charge in [0, 0.05) is 26.1 Å². The topological polar surface area (TPSA) is 36.4 Å². The second kappa shape index (κ2) is 7.26. The molecule has 1 aromatic carbocycles. The Labute approximate surface area is 153 Å². The molecule has 0 bridgehead atoms. The highest BCUT2D eigenvalue weighted by Crippen LogP contribution is 2.25. The Kier molecular flexibility index (Phi) is 4.86. The van der Waals surface area contributed by atoms with Crippen LogP contribution in [0.1, 0.15) is 44.3 Å². The zero-order valence-corrected chi connectivity index (χ0v) is 15.6. The highest BCUT2D eigenvalue weighted by atomic mass is 32.1. The Hall–Kier alpha value is -1.72. The van der Waals surface area contributed by atoms with E-state index in [0.717, 1.165) is 48.1 Å². The van der Waals surface area contributed by atoms with Gasteiger partial charge in [-0.3, -0.25) is 4.79 Å². The van der Waals surface area contributed by atoms with Gasteiger partial charge in [0.15, 0.2) is 0 Å². The van der Waals surface area contributed by atoms with Crippen LogP contribution in [0.5, 0.6) is 0 Å². The maximum atomic E-state index is 13.0. The van der Waals surface area contributed by atoms with E-state index >= 15 is 0 Å².